The SMILES string of the molecule is CC(C)CNCc1c(F)cccc1SCC1CCCO1. The predicted octanol–water partition coefficient (Wildman–Crippen LogP) is 3.84. The minimum Gasteiger partial charge on any atom is -0.377 e. The quantitative estimate of drug-likeness (QED) is 0.773. The van der Waals surface area contributed by atoms with Gasteiger partial charge in [0, 0.05) is 29.4 Å². The Bertz CT molecular complexity index is 419. The zero-order chi connectivity index (χ0) is 14.4. The molecule has 1 heterocycles. The van der Waals surface area contributed by atoms with Crippen LogP contribution in [-0.2, 0) is 11.3 Å². The maximum Gasteiger partial charge on any atom is 0.128 e. The fourth-order valence-corrected chi connectivity index (χ4v) is 3.44. The van der Waals surface area contributed by atoms with Crippen molar-refractivity contribution in [3.63, 3.8) is 0 Å². The number of thioether (sulfide) groups is 1. The van der Waals surface area contributed by atoms with Gasteiger partial charge in [0.2, 0.25) is 0 Å². The number of rotatable bonds is 7. The van der Waals surface area contributed by atoms with Crippen LogP contribution in [-0.4, -0.2) is 25.0 Å². The summed E-state index contributed by atoms with van der Waals surface area (Å²) in [4.78, 5) is 1.04. The molecule has 112 valence electrons. The molecule has 1 aromatic carbocycles. The van der Waals surface area contributed by atoms with Crippen LogP contribution in [0.25, 0.3) is 0 Å². The van der Waals surface area contributed by atoms with Gasteiger partial charge in [-0.25, -0.2) is 4.39 Å². The van der Waals surface area contributed by atoms with Crippen LogP contribution in [0.4, 0.5) is 4.39 Å². The molecule has 0 bridgehead atoms. The number of halogens is 1. The summed E-state index contributed by atoms with van der Waals surface area (Å²) in [7, 11) is 0. The highest BCUT2D eigenvalue weighted by Crippen LogP contribution is 2.28. The van der Waals surface area contributed by atoms with E-state index in [0.29, 0.717) is 18.6 Å². The van der Waals surface area contributed by atoms with Gasteiger partial charge in [-0.3, -0.25) is 0 Å². The largest absolute Gasteiger partial charge is 0.377 e. The fourth-order valence-electron chi connectivity index (χ4n) is 2.29. The van der Waals surface area contributed by atoms with E-state index in [1.807, 2.05) is 6.07 Å². The van der Waals surface area contributed by atoms with Crippen LogP contribution in [0.2, 0.25) is 0 Å². The monoisotopic (exact) mass is 297 g/mol. The van der Waals surface area contributed by atoms with E-state index >= 15 is 0 Å². The summed E-state index contributed by atoms with van der Waals surface area (Å²) >= 11 is 1.71. The Labute approximate surface area is 125 Å². The topological polar surface area (TPSA) is 21.3 Å². The van der Waals surface area contributed by atoms with Crippen LogP contribution in [0.1, 0.15) is 32.3 Å². The Morgan fingerprint density at radius 1 is 1.45 bits per heavy atom. The number of hydrogen-bond acceptors (Lipinski definition) is 3. The van der Waals surface area contributed by atoms with E-state index in [1.165, 1.54) is 0 Å². The second kappa shape index (κ2) is 8.01. The number of nitrogens with one attached hydrogen (secondary N) is 1. The summed E-state index contributed by atoms with van der Waals surface area (Å²) in [6.45, 7) is 6.68. The molecule has 1 aliphatic heterocycles. The summed E-state index contributed by atoms with van der Waals surface area (Å²) in [5.41, 5.74) is 0.788. The molecule has 2 nitrogen and oxygen atoms in total. The van der Waals surface area contributed by atoms with Crippen LogP contribution in [0.5, 0.6) is 0 Å². The normalized spacial score (nSPS) is 18.9. The third-order valence-corrected chi connectivity index (χ3v) is 4.61. The average Bonchev–Trinajstić information content (AvgIpc) is 2.91. The number of benzene rings is 1. The zero-order valence-corrected chi connectivity index (χ0v) is 13.1. The average molecular weight is 297 g/mol. The van der Waals surface area contributed by atoms with E-state index in [-0.39, 0.29) is 5.82 Å². The van der Waals surface area contributed by atoms with Crippen LogP contribution in [0.3, 0.4) is 0 Å². The lowest BCUT2D eigenvalue weighted by Gasteiger charge is -2.14. The summed E-state index contributed by atoms with van der Waals surface area (Å²) in [5.74, 6) is 1.38. The van der Waals surface area contributed by atoms with Crippen molar-refractivity contribution in [1.82, 2.24) is 5.32 Å². The van der Waals surface area contributed by atoms with E-state index in [4.69, 9.17) is 4.74 Å². The van der Waals surface area contributed by atoms with Crippen molar-refractivity contribution in [2.24, 2.45) is 5.92 Å². The Morgan fingerprint density at radius 3 is 3.00 bits per heavy atom. The van der Waals surface area contributed by atoms with Crippen molar-refractivity contribution in [3.05, 3.63) is 29.6 Å². The van der Waals surface area contributed by atoms with Crippen molar-refractivity contribution >= 4 is 11.8 Å². The first-order valence-electron chi connectivity index (χ1n) is 7.39. The highest BCUT2D eigenvalue weighted by molar-refractivity contribution is 7.99. The van der Waals surface area contributed by atoms with Gasteiger partial charge >= 0.3 is 0 Å². The maximum absolute atomic E-state index is 14.0. The predicted molar refractivity (Wildman–Crippen MR) is 82.6 cm³/mol. The molecule has 1 fully saturated rings. The molecule has 0 aliphatic carbocycles. The second-order valence-corrected chi connectivity index (χ2v) is 6.75. The van der Waals surface area contributed by atoms with Gasteiger partial charge in [-0.2, -0.15) is 0 Å². The van der Waals surface area contributed by atoms with Gasteiger partial charge in [0.25, 0.3) is 0 Å². The molecule has 1 aromatic rings. The van der Waals surface area contributed by atoms with Crippen molar-refractivity contribution in [2.75, 3.05) is 18.9 Å². The summed E-state index contributed by atoms with van der Waals surface area (Å²) < 4.78 is 19.6. The van der Waals surface area contributed by atoms with E-state index < -0.39 is 0 Å². The summed E-state index contributed by atoms with van der Waals surface area (Å²) in [6, 6.07) is 5.34. The number of hydrogen-bond donors (Lipinski definition) is 1. The van der Waals surface area contributed by atoms with E-state index in [0.717, 1.165) is 42.2 Å². The van der Waals surface area contributed by atoms with Crippen LogP contribution in [0, 0.1) is 11.7 Å². The molecule has 0 aromatic heterocycles. The van der Waals surface area contributed by atoms with Crippen LogP contribution >= 0.6 is 11.8 Å². The molecule has 1 atom stereocenters. The first-order valence-corrected chi connectivity index (χ1v) is 8.38. The molecular formula is C16H24FNOS. The van der Waals surface area contributed by atoms with Gasteiger partial charge in [-0.15, -0.1) is 11.8 Å². The van der Waals surface area contributed by atoms with Gasteiger partial charge in [0.15, 0.2) is 0 Å². The maximum atomic E-state index is 14.0. The first-order chi connectivity index (χ1) is 9.66. The molecule has 1 aliphatic rings. The van der Waals surface area contributed by atoms with E-state index in [1.54, 1.807) is 23.9 Å². The smallest absolute Gasteiger partial charge is 0.128 e. The summed E-state index contributed by atoms with van der Waals surface area (Å²) in [6.07, 6.45) is 2.61. The molecule has 1 unspecified atom stereocenters. The fraction of sp³-hybridized carbons (Fsp3) is 0.625. The molecule has 0 amide bonds. The summed E-state index contributed by atoms with van der Waals surface area (Å²) in [5, 5.41) is 3.33. The molecular weight excluding hydrogens is 273 g/mol. The van der Waals surface area contributed by atoms with E-state index in [2.05, 4.69) is 19.2 Å². The van der Waals surface area contributed by atoms with Gasteiger partial charge < -0.3 is 10.1 Å². The third kappa shape index (κ3) is 4.76. The van der Waals surface area contributed by atoms with Gasteiger partial charge in [0.1, 0.15) is 5.82 Å². The van der Waals surface area contributed by atoms with Crippen molar-refractivity contribution < 1.29 is 9.13 Å². The molecule has 2 rings (SSSR count). The zero-order valence-electron chi connectivity index (χ0n) is 12.3. The second-order valence-electron chi connectivity index (χ2n) is 5.69. The van der Waals surface area contributed by atoms with Crippen molar-refractivity contribution in [2.45, 2.75) is 44.2 Å². The molecule has 1 saturated heterocycles. The molecule has 0 spiro atoms. The minimum absolute atomic E-state index is 0.112. The third-order valence-electron chi connectivity index (χ3n) is 3.38. The lowest BCUT2D eigenvalue weighted by atomic mass is 10.2. The Kier molecular flexibility index (Phi) is 6.33. The Balaban J connectivity index is 1.93. The molecule has 0 radical (unpaired) electrons. The first kappa shape index (κ1) is 15.8. The van der Waals surface area contributed by atoms with Crippen LogP contribution < -0.4 is 5.32 Å². The molecule has 0 saturated carbocycles. The van der Waals surface area contributed by atoms with Crippen LogP contribution in [0.15, 0.2) is 23.1 Å². The highest BCUT2D eigenvalue weighted by Gasteiger charge is 2.17. The lowest BCUT2D eigenvalue weighted by molar-refractivity contribution is 0.129. The van der Waals surface area contributed by atoms with Gasteiger partial charge in [0.05, 0.1) is 6.10 Å². The molecule has 20 heavy (non-hydrogen) atoms. The number of ether oxygens (including phenoxy) is 1. The Morgan fingerprint density at radius 2 is 2.30 bits per heavy atom. The van der Waals surface area contributed by atoms with Gasteiger partial charge in [-0.05, 0) is 37.4 Å². The van der Waals surface area contributed by atoms with E-state index in [9.17, 15) is 4.39 Å². The minimum atomic E-state index is -0.112. The lowest BCUT2D eigenvalue weighted by Crippen LogP contribution is -2.20. The Hall–Kier alpha value is -0.580. The van der Waals surface area contributed by atoms with Gasteiger partial charge in [-0.1, -0.05) is 19.9 Å². The van der Waals surface area contributed by atoms with Crippen molar-refractivity contribution in [1.29, 1.82) is 0 Å². The van der Waals surface area contributed by atoms with Crippen molar-refractivity contribution in [3.8, 4) is 0 Å². The highest BCUT2D eigenvalue weighted by atomic mass is 32.2. The standard InChI is InChI=1S/C16H24FNOS/c1-12(2)9-18-10-14-15(17)6-3-7-16(14)20-11-13-5-4-8-19-13/h3,6-7,12-13,18H,4-5,8-11H2,1-2H3. The molecule has 1 N–H and O–H groups in total. The molecule has 4 heteroatoms.